The van der Waals surface area contributed by atoms with E-state index in [-0.39, 0.29) is 29.9 Å². The van der Waals surface area contributed by atoms with Gasteiger partial charge in [0, 0.05) is 58.2 Å². The maximum Gasteiger partial charge on any atom is 0.228 e. The van der Waals surface area contributed by atoms with Gasteiger partial charge in [-0.15, -0.1) is 24.0 Å². The van der Waals surface area contributed by atoms with Gasteiger partial charge in [0.25, 0.3) is 0 Å². The van der Waals surface area contributed by atoms with Crippen LogP contribution in [0.15, 0.2) is 39.8 Å². The summed E-state index contributed by atoms with van der Waals surface area (Å²) in [6.07, 6.45) is 1.82. The van der Waals surface area contributed by atoms with Gasteiger partial charge in [-0.05, 0) is 12.0 Å². The van der Waals surface area contributed by atoms with Crippen LogP contribution in [-0.4, -0.2) is 65.7 Å². The van der Waals surface area contributed by atoms with E-state index in [9.17, 15) is 0 Å². The molecule has 2 heterocycles. The maximum absolute atomic E-state index is 5.32. The Morgan fingerprint density at radius 3 is 2.43 bits per heavy atom. The first-order chi connectivity index (χ1) is 14.1. The molecule has 0 amide bonds. The molecule has 0 bridgehead atoms. The van der Waals surface area contributed by atoms with Gasteiger partial charge < -0.3 is 14.7 Å². The highest BCUT2D eigenvalue weighted by Gasteiger charge is 2.25. The summed E-state index contributed by atoms with van der Waals surface area (Å²) in [6.45, 7) is 11.2. The summed E-state index contributed by atoms with van der Waals surface area (Å²) in [5, 5.41) is 7.47. The van der Waals surface area contributed by atoms with Gasteiger partial charge in [-0.25, -0.2) is 0 Å². The monoisotopic (exact) mass is 526 g/mol. The van der Waals surface area contributed by atoms with E-state index < -0.39 is 0 Å². The molecule has 0 aliphatic carbocycles. The van der Waals surface area contributed by atoms with Crippen LogP contribution in [0.2, 0.25) is 0 Å². The lowest BCUT2D eigenvalue weighted by molar-refractivity contribution is 0.127. The zero-order valence-corrected chi connectivity index (χ0v) is 20.9. The topological polar surface area (TPSA) is 69.8 Å². The van der Waals surface area contributed by atoms with Crippen molar-refractivity contribution in [3.8, 4) is 0 Å². The molecule has 7 nitrogen and oxygen atoms in total. The molecule has 1 fully saturated rings. The zero-order valence-electron chi connectivity index (χ0n) is 18.5. The molecule has 0 saturated carbocycles. The van der Waals surface area contributed by atoms with E-state index in [1.807, 2.05) is 7.05 Å². The van der Waals surface area contributed by atoms with Crippen molar-refractivity contribution in [2.45, 2.75) is 45.6 Å². The summed E-state index contributed by atoms with van der Waals surface area (Å²) in [4.78, 5) is 13.8. The number of nitrogens with one attached hydrogen (secondary N) is 1. The molecule has 1 unspecified atom stereocenters. The molecule has 8 heteroatoms. The Labute approximate surface area is 197 Å². The second kappa shape index (κ2) is 12.2. The third-order valence-electron chi connectivity index (χ3n) is 5.46. The normalized spacial score (nSPS) is 16.4. The van der Waals surface area contributed by atoms with Crippen molar-refractivity contribution in [2.75, 3.05) is 39.8 Å². The quantitative estimate of drug-likeness (QED) is 0.337. The lowest BCUT2D eigenvalue weighted by Gasteiger charge is -2.40. The first-order valence-corrected chi connectivity index (χ1v) is 10.7. The second-order valence-corrected chi connectivity index (χ2v) is 7.78. The molecule has 0 radical (unpaired) electrons. The number of halogens is 1. The molecule has 1 aromatic heterocycles. The van der Waals surface area contributed by atoms with Crippen molar-refractivity contribution >= 4 is 29.9 Å². The molecule has 2 aromatic rings. The average Bonchev–Trinajstić information content (AvgIpc) is 3.23. The van der Waals surface area contributed by atoms with Crippen molar-refractivity contribution < 1.29 is 4.52 Å². The fourth-order valence-corrected chi connectivity index (χ4v) is 3.84. The summed E-state index contributed by atoms with van der Waals surface area (Å²) in [5.41, 5.74) is 1.41. The van der Waals surface area contributed by atoms with E-state index in [0.29, 0.717) is 18.4 Å². The number of guanidine groups is 1. The van der Waals surface area contributed by atoms with Crippen LogP contribution >= 0.6 is 24.0 Å². The van der Waals surface area contributed by atoms with E-state index in [4.69, 9.17) is 4.52 Å². The standard InChI is InChI=1S/C22H34N6O.HI/c1-5-19(18-9-7-6-8-10-18)27-13-15-28(16-14-27)22(23-4)24-12-11-20-25-21(17(2)3)26-29-20;/h6-10,17,19H,5,11-16H2,1-4H3,(H,23,24);1H. The largest absolute Gasteiger partial charge is 0.356 e. The van der Waals surface area contributed by atoms with Crippen LogP contribution in [0.3, 0.4) is 0 Å². The Balaban J connectivity index is 0.00000320. The van der Waals surface area contributed by atoms with E-state index in [1.54, 1.807) is 0 Å². The molecule has 1 aliphatic heterocycles. The number of hydrogen-bond acceptors (Lipinski definition) is 5. The van der Waals surface area contributed by atoms with Gasteiger partial charge in [0.1, 0.15) is 0 Å². The molecule has 1 aromatic carbocycles. The highest BCUT2D eigenvalue weighted by atomic mass is 127. The van der Waals surface area contributed by atoms with E-state index in [2.05, 4.69) is 81.4 Å². The number of benzene rings is 1. The third kappa shape index (κ3) is 6.41. The van der Waals surface area contributed by atoms with Crippen molar-refractivity contribution in [3.05, 3.63) is 47.6 Å². The Bertz CT molecular complexity index is 771. The van der Waals surface area contributed by atoms with E-state index in [1.165, 1.54) is 5.56 Å². The van der Waals surface area contributed by atoms with Gasteiger partial charge in [-0.1, -0.05) is 56.3 Å². The minimum absolute atomic E-state index is 0. The third-order valence-corrected chi connectivity index (χ3v) is 5.46. The first-order valence-electron chi connectivity index (χ1n) is 10.7. The van der Waals surface area contributed by atoms with Gasteiger partial charge in [0.05, 0.1) is 0 Å². The summed E-state index contributed by atoms with van der Waals surface area (Å²) in [7, 11) is 1.84. The SMILES string of the molecule is CCC(c1ccccc1)N1CCN(C(=NC)NCCc2nc(C(C)C)no2)CC1.I. The van der Waals surface area contributed by atoms with Crippen molar-refractivity contribution in [2.24, 2.45) is 4.99 Å². The van der Waals surface area contributed by atoms with Gasteiger partial charge >= 0.3 is 0 Å². The van der Waals surface area contributed by atoms with Crippen molar-refractivity contribution in [3.63, 3.8) is 0 Å². The number of piperazine rings is 1. The van der Waals surface area contributed by atoms with Gasteiger partial charge in [0.2, 0.25) is 5.89 Å². The van der Waals surface area contributed by atoms with Gasteiger partial charge in [-0.3, -0.25) is 9.89 Å². The average molecular weight is 526 g/mol. The van der Waals surface area contributed by atoms with Crippen LogP contribution in [0, 0.1) is 0 Å². The maximum atomic E-state index is 5.32. The van der Waals surface area contributed by atoms with Crippen molar-refractivity contribution in [1.29, 1.82) is 0 Å². The predicted octanol–water partition coefficient (Wildman–Crippen LogP) is 3.70. The Morgan fingerprint density at radius 2 is 1.87 bits per heavy atom. The highest BCUT2D eigenvalue weighted by Crippen LogP contribution is 2.25. The summed E-state index contributed by atoms with van der Waals surface area (Å²) < 4.78 is 5.32. The Morgan fingerprint density at radius 1 is 1.17 bits per heavy atom. The van der Waals surface area contributed by atoms with Crippen LogP contribution in [0.1, 0.15) is 56.4 Å². The number of nitrogens with zero attached hydrogens (tertiary/aromatic N) is 5. The van der Waals surface area contributed by atoms with Crippen LogP contribution < -0.4 is 5.32 Å². The minimum Gasteiger partial charge on any atom is -0.356 e. The second-order valence-electron chi connectivity index (χ2n) is 7.78. The zero-order chi connectivity index (χ0) is 20.6. The lowest BCUT2D eigenvalue weighted by atomic mass is 10.0. The Hall–Kier alpha value is -1.68. The molecule has 0 spiro atoms. The van der Waals surface area contributed by atoms with Gasteiger partial charge in [0.15, 0.2) is 11.8 Å². The summed E-state index contributed by atoms with van der Waals surface area (Å²) in [5.74, 6) is 2.67. The first kappa shape index (κ1) is 24.6. The molecular formula is C22H35IN6O. The number of hydrogen-bond donors (Lipinski definition) is 1. The van der Waals surface area contributed by atoms with E-state index >= 15 is 0 Å². The molecule has 166 valence electrons. The molecule has 3 rings (SSSR count). The van der Waals surface area contributed by atoms with Crippen LogP contribution in [-0.2, 0) is 6.42 Å². The van der Waals surface area contributed by atoms with E-state index in [0.717, 1.165) is 50.9 Å². The Kier molecular flexibility index (Phi) is 10.0. The number of rotatable bonds is 7. The van der Waals surface area contributed by atoms with Crippen LogP contribution in [0.4, 0.5) is 0 Å². The molecule has 1 atom stereocenters. The number of aliphatic imine (C=N–C) groups is 1. The smallest absolute Gasteiger partial charge is 0.228 e. The summed E-state index contributed by atoms with van der Waals surface area (Å²) in [6, 6.07) is 11.3. The fraction of sp³-hybridized carbons (Fsp3) is 0.591. The molecule has 1 saturated heterocycles. The molecule has 30 heavy (non-hydrogen) atoms. The fourth-order valence-electron chi connectivity index (χ4n) is 3.84. The predicted molar refractivity (Wildman–Crippen MR) is 131 cm³/mol. The highest BCUT2D eigenvalue weighted by molar-refractivity contribution is 14.0. The van der Waals surface area contributed by atoms with Crippen LogP contribution in [0.25, 0.3) is 0 Å². The summed E-state index contributed by atoms with van der Waals surface area (Å²) >= 11 is 0. The molecule has 1 aliphatic rings. The minimum atomic E-state index is 0. The number of aromatic nitrogens is 2. The van der Waals surface area contributed by atoms with Crippen LogP contribution in [0.5, 0.6) is 0 Å². The lowest BCUT2D eigenvalue weighted by Crippen LogP contribution is -2.53. The molecule has 1 N–H and O–H groups in total. The van der Waals surface area contributed by atoms with Gasteiger partial charge in [-0.2, -0.15) is 4.98 Å². The van der Waals surface area contributed by atoms with Crippen molar-refractivity contribution in [1.82, 2.24) is 25.3 Å². The molecular weight excluding hydrogens is 491 g/mol.